The Morgan fingerprint density at radius 2 is 1.96 bits per heavy atom. The van der Waals surface area contributed by atoms with Crippen molar-refractivity contribution in [2.24, 2.45) is 5.92 Å². The van der Waals surface area contributed by atoms with Crippen molar-refractivity contribution in [1.82, 2.24) is 5.32 Å². The summed E-state index contributed by atoms with van der Waals surface area (Å²) in [5.41, 5.74) is 1.57. The van der Waals surface area contributed by atoms with E-state index in [9.17, 15) is 14.4 Å². The molecule has 26 heavy (non-hydrogen) atoms. The number of thiophene rings is 1. The Morgan fingerprint density at radius 3 is 2.69 bits per heavy atom. The van der Waals surface area contributed by atoms with E-state index in [0.29, 0.717) is 23.7 Å². The molecule has 0 radical (unpaired) electrons. The molecule has 0 saturated heterocycles. The van der Waals surface area contributed by atoms with Crippen molar-refractivity contribution < 1.29 is 23.9 Å². The average Bonchev–Trinajstić information content (AvgIpc) is 3.41. The lowest BCUT2D eigenvalue weighted by atomic mass is 9.95. The van der Waals surface area contributed by atoms with Crippen LogP contribution in [0.4, 0.5) is 5.00 Å². The Morgan fingerprint density at radius 1 is 1.19 bits per heavy atom. The summed E-state index contributed by atoms with van der Waals surface area (Å²) in [7, 11) is 1.58. The van der Waals surface area contributed by atoms with Gasteiger partial charge >= 0.3 is 5.97 Å². The van der Waals surface area contributed by atoms with Crippen molar-refractivity contribution in [3.8, 4) is 0 Å². The summed E-state index contributed by atoms with van der Waals surface area (Å²) in [6, 6.07) is 0. The minimum atomic E-state index is -0.413. The molecular weight excluding hydrogens is 356 g/mol. The summed E-state index contributed by atoms with van der Waals surface area (Å²) in [6.07, 6.45) is 5.56. The molecule has 7 nitrogen and oxygen atoms in total. The fraction of sp³-hybridized carbons (Fsp3) is 0.611. The predicted octanol–water partition coefficient (Wildman–Crippen LogP) is 1.89. The number of nitrogens with one attached hydrogen (secondary N) is 2. The number of methoxy groups -OCH3 is 1. The van der Waals surface area contributed by atoms with Gasteiger partial charge in [0.1, 0.15) is 5.00 Å². The fourth-order valence-electron chi connectivity index (χ4n) is 2.99. The van der Waals surface area contributed by atoms with Gasteiger partial charge in [-0.2, -0.15) is 0 Å². The number of anilines is 1. The monoisotopic (exact) mass is 380 g/mol. The third-order valence-electron chi connectivity index (χ3n) is 4.50. The van der Waals surface area contributed by atoms with Crippen molar-refractivity contribution in [1.29, 1.82) is 0 Å². The maximum Gasteiger partial charge on any atom is 0.309 e. The van der Waals surface area contributed by atoms with Crippen LogP contribution in [0.25, 0.3) is 0 Å². The first-order valence-electron chi connectivity index (χ1n) is 8.98. The van der Waals surface area contributed by atoms with Gasteiger partial charge in [0.05, 0.1) is 18.1 Å². The molecule has 0 spiro atoms. The zero-order valence-corrected chi connectivity index (χ0v) is 15.7. The SMILES string of the molecule is COCCNC(=O)c1c(NC(=O)COC(=O)C2CC2)sc2c1CCCC2. The van der Waals surface area contributed by atoms with Crippen molar-refractivity contribution in [3.05, 3.63) is 16.0 Å². The summed E-state index contributed by atoms with van der Waals surface area (Å²) < 4.78 is 9.98. The zero-order valence-electron chi connectivity index (χ0n) is 14.9. The largest absolute Gasteiger partial charge is 0.455 e. The van der Waals surface area contributed by atoms with Gasteiger partial charge in [0.15, 0.2) is 6.61 Å². The molecule has 0 aliphatic heterocycles. The summed E-state index contributed by atoms with van der Waals surface area (Å²) in [6.45, 7) is 0.520. The summed E-state index contributed by atoms with van der Waals surface area (Å²) >= 11 is 1.45. The van der Waals surface area contributed by atoms with Crippen LogP contribution in [-0.4, -0.2) is 44.7 Å². The lowest BCUT2D eigenvalue weighted by Crippen LogP contribution is -2.29. The first-order valence-corrected chi connectivity index (χ1v) is 9.80. The van der Waals surface area contributed by atoms with Gasteiger partial charge in [-0.05, 0) is 44.1 Å². The molecule has 0 unspecified atom stereocenters. The normalized spacial score (nSPS) is 15.9. The lowest BCUT2D eigenvalue weighted by Gasteiger charge is -2.13. The van der Waals surface area contributed by atoms with Gasteiger partial charge in [0, 0.05) is 18.5 Å². The first kappa shape index (κ1) is 18.8. The van der Waals surface area contributed by atoms with Crippen LogP contribution in [0.1, 0.15) is 46.5 Å². The lowest BCUT2D eigenvalue weighted by molar-refractivity contribution is -0.148. The molecule has 2 aliphatic rings. The molecule has 0 bridgehead atoms. The van der Waals surface area contributed by atoms with Gasteiger partial charge in [0.2, 0.25) is 0 Å². The third kappa shape index (κ3) is 4.62. The highest BCUT2D eigenvalue weighted by Gasteiger charge is 2.32. The van der Waals surface area contributed by atoms with E-state index in [-0.39, 0.29) is 24.4 Å². The van der Waals surface area contributed by atoms with E-state index in [0.717, 1.165) is 49.0 Å². The molecule has 1 aromatic rings. The van der Waals surface area contributed by atoms with E-state index >= 15 is 0 Å². The summed E-state index contributed by atoms with van der Waals surface area (Å²) in [5.74, 6) is -0.975. The van der Waals surface area contributed by atoms with E-state index < -0.39 is 5.91 Å². The number of fused-ring (bicyclic) bond motifs is 1. The van der Waals surface area contributed by atoms with E-state index in [1.807, 2.05) is 0 Å². The highest BCUT2D eigenvalue weighted by molar-refractivity contribution is 7.17. The number of carbonyl (C=O) groups is 3. The number of amides is 2. The van der Waals surface area contributed by atoms with Gasteiger partial charge in [-0.1, -0.05) is 0 Å². The van der Waals surface area contributed by atoms with Gasteiger partial charge < -0.3 is 20.1 Å². The Kier molecular flexibility index (Phi) is 6.26. The number of ether oxygens (including phenoxy) is 2. The molecule has 1 heterocycles. The Hall–Kier alpha value is -1.93. The van der Waals surface area contributed by atoms with Gasteiger partial charge in [-0.3, -0.25) is 14.4 Å². The second-order valence-corrected chi connectivity index (χ2v) is 7.70. The zero-order chi connectivity index (χ0) is 18.5. The molecule has 0 aromatic carbocycles. The molecule has 2 amide bonds. The van der Waals surface area contributed by atoms with Crippen LogP contribution in [0.2, 0.25) is 0 Å². The highest BCUT2D eigenvalue weighted by atomic mass is 32.1. The molecule has 2 aliphatic carbocycles. The summed E-state index contributed by atoms with van der Waals surface area (Å²) in [5, 5.41) is 6.13. The summed E-state index contributed by atoms with van der Waals surface area (Å²) in [4.78, 5) is 37.5. The average molecular weight is 380 g/mol. The van der Waals surface area contributed by atoms with Crippen LogP contribution >= 0.6 is 11.3 Å². The molecule has 1 aromatic heterocycles. The maximum atomic E-state index is 12.6. The number of rotatable bonds is 8. The molecule has 2 N–H and O–H groups in total. The Labute approximate surface area is 156 Å². The van der Waals surface area contributed by atoms with Crippen molar-refractivity contribution in [3.63, 3.8) is 0 Å². The maximum absolute atomic E-state index is 12.6. The molecule has 1 fully saturated rings. The first-order chi connectivity index (χ1) is 12.6. The third-order valence-corrected chi connectivity index (χ3v) is 5.71. The smallest absolute Gasteiger partial charge is 0.309 e. The quantitative estimate of drug-likeness (QED) is 0.531. The molecule has 0 atom stereocenters. The van der Waals surface area contributed by atoms with E-state index in [2.05, 4.69) is 10.6 Å². The Bertz CT molecular complexity index is 696. The van der Waals surface area contributed by atoms with E-state index in [1.54, 1.807) is 7.11 Å². The highest BCUT2D eigenvalue weighted by Crippen LogP contribution is 2.38. The van der Waals surface area contributed by atoms with Crippen molar-refractivity contribution >= 4 is 34.1 Å². The van der Waals surface area contributed by atoms with Crippen molar-refractivity contribution in [2.45, 2.75) is 38.5 Å². The second-order valence-electron chi connectivity index (χ2n) is 6.59. The van der Waals surface area contributed by atoms with Crippen LogP contribution < -0.4 is 10.6 Å². The number of hydrogen-bond acceptors (Lipinski definition) is 6. The number of aryl methyl sites for hydroxylation is 1. The van der Waals surface area contributed by atoms with Crippen molar-refractivity contribution in [2.75, 3.05) is 32.2 Å². The molecule has 142 valence electrons. The van der Waals surface area contributed by atoms with Crippen LogP contribution in [-0.2, 0) is 31.9 Å². The Balaban J connectivity index is 1.68. The van der Waals surface area contributed by atoms with Crippen LogP contribution in [0.15, 0.2) is 0 Å². The van der Waals surface area contributed by atoms with Gasteiger partial charge in [-0.15, -0.1) is 11.3 Å². The topological polar surface area (TPSA) is 93.7 Å². The second kappa shape index (κ2) is 8.64. The van der Waals surface area contributed by atoms with Crippen LogP contribution in [0, 0.1) is 5.92 Å². The standard InChI is InChI=1S/C18H24N2O5S/c1-24-9-8-19-16(22)15-12-4-2-3-5-13(12)26-17(15)20-14(21)10-25-18(23)11-6-7-11/h11H,2-10H2,1H3,(H,19,22)(H,20,21). The molecule has 8 heteroatoms. The minimum absolute atomic E-state index is 0.0426. The van der Waals surface area contributed by atoms with E-state index in [1.165, 1.54) is 11.3 Å². The molecule has 1 saturated carbocycles. The minimum Gasteiger partial charge on any atom is -0.455 e. The number of carbonyl (C=O) groups excluding carboxylic acids is 3. The van der Waals surface area contributed by atoms with Gasteiger partial charge in [-0.25, -0.2) is 0 Å². The van der Waals surface area contributed by atoms with E-state index in [4.69, 9.17) is 9.47 Å². The predicted molar refractivity (Wildman–Crippen MR) is 97.5 cm³/mol. The molecular formula is C18H24N2O5S. The number of esters is 1. The van der Waals surface area contributed by atoms with Gasteiger partial charge in [0.25, 0.3) is 11.8 Å². The number of hydrogen-bond donors (Lipinski definition) is 2. The van der Waals surface area contributed by atoms with Crippen LogP contribution in [0.3, 0.4) is 0 Å². The fourth-order valence-corrected chi connectivity index (χ4v) is 4.29. The van der Waals surface area contributed by atoms with Crippen LogP contribution in [0.5, 0.6) is 0 Å². The molecule has 3 rings (SSSR count).